The van der Waals surface area contributed by atoms with Crippen LogP contribution in [0.3, 0.4) is 0 Å². The number of carbonyl (C=O) groups is 1. The molecule has 0 saturated heterocycles. The van der Waals surface area contributed by atoms with E-state index < -0.39 is 0 Å². The summed E-state index contributed by atoms with van der Waals surface area (Å²) in [5, 5.41) is 0.808. The number of rotatable bonds is 6. The van der Waals surface area contributed by atoms with E-state index >= 15 is 0 Å². The Bertz CT molecular complexity index is 430. The van der Waals surface area contributed by atoms with E-state index in [1.165, 1.54) is 0 Å². The summed E-state index contributed by atoms with van der Waals surface area (Å²) in [7, 11) is 0. The number of alkyl halides is 1. The smallest absolute Gasteiger partial charge is 0.254 e. The molecule has 106 valence electrons. The number of halogens is 2. The lowest BCUT2D eigenvalue weighted by Gasteiger charge is -2.30. The summed E-state index contributed by atoms with van der Waals surface area (Å²) in [5.41, 5.74) is 1.82. The van der Waals surface area contributed by atoms with Crippen molar-refractivity contribution in [3.63, 3.8) is 0 Å². The van der Waals surface area contributed by atoms with Crippen molar-refractivity contribution >= 4 is 37.8 Å². The summed E-state index contributed by atoms with van der Waals surface area (Å²) >= 11 is 6.89. The molecule has 2 nitrogen and oxygen atoms in total. The molecule has 0 aliphatic rings. The first-order chi connectivity index (χ1) is 9.04. The topological polar surface area (TPSA) is 20.3 Å². The third-order valence-electron chi connectivity index (χ3n) is 3.40. The van der Waals surface area contributed by atoms with Crippen molar-refractivity contribution in [2.24, 2.45) is 0 Å². The number of benzene rings is 1. The molecule has 0 aliphatic heterocycles. The van der Waals surface area contributed by atoms with Crippen LogP contribution in [0.15, 0.2) is 22.7 Å². The fourth-order valence-corrected chi connectivity index (χ4v) is 2.99. The minimum Gasteiger partial charge on any atom is -0.335 e. The van der Waals surface area contributed by atoms with Crippen molar-refractivity contribution in [1.29, 1.82) is 0 Å². The van der Waals surface area contributed by atoms with Crippen LogP contribution in [-0.4, -0.2) is 28.7 Å². The van der Waals surface area contributed by atoms with Crippen LogP contribution in [0.2, 0.25) is 0 Å². The molecule has 0 unspecified atom stereocenters. The molecule has 1 aromatic rings. The van der Waals surface area contributed by atoms with Crippen LogP contribution in [0.5, 0.6) is 0 Å². The third-order valence-corrected chi connectivity index (χ3v) is 4.25. The van der Waals surface area contributed by atoms with Crippen LogP contribution in [0.1, 0.15) is 42.6 Å². The summed E-state index contributed by atoms with van der Waals surface area (Å²) in [5.74, 6) is 0.131. The molecule has 0 heterocycles. The minimum atomic E-state index is 0.131. The standard InChI is InChI=1S/C15H21Br2NO/c1-4-13(5-2)18(9-8-16)15(19)14-10-12(17)7-6-11(14)3/h6-7,10,13H,4-5,8-9H2,1-3H3. The van der Waals surface area contributed by atoms with Crippen LogP contribution in [0.4, 0.5) is 0 Å². The number of carbonyl (C=O) groups excluding carboxylic acids is 1. The fraction of sp³-hybridized carbons (Fsp3) is 0.533. The molecular weight excluding hydrogens is 370 g/mol. The van der Waals surface area contributed by atoms with E-state index in [4.69, 9.17) is 0 Å². The second-order valence-electron chi connectivity index (χ2n) is 4.62. The van der Waals surface area contributed by atoms with Crippen molar-refractivity contribution in [3.05, 3.63) is 33.8 Å². The van der Waals surface area contributed by atoms with E-state index in [0.717, 1.165) is 40.3 Å². The van der Waals surface area contributed by atoms with Crippen LogP contribution in [0, 0.1) is 6.92 Å². The van der Waals surface area contributed by atoms with Gasteiger partial charge in [0.05, 0.1) is 0 Å². The van der Waals surface area contributed by atoms with Crippen LogP contribution < -0.4 is 0 Å². The summed E-state index contributed by atoms with van der Waals surface area (Å²) in [6.07, 6.45) is 1.98. The third kappa shape index (κ3) is 4.32. The Hall–Kier alpha value is -0.350. The van der Waals surface area contributed by atoms with Gasteiger partial charge in [0.2, 0.25) is 0 Å². The van der Waals surface area contributed by atoms with Gasteiger partial charge in [0.15, 0.2) is 0 Å². The van der Waals surface area contributed by atoms with Crippen molar-refractivity contribution < 1.29 is 4.79 Å². The van der Waals surface area contributed by atoms with Crippen LogP contribution in [0.25, 0.3) is 0 Å². The van der Waals surface area contributed by atoms with Crippen molar-refractivity contribution in [2.45, 2.75) is 39.7 Å². The summed E-state index contributed by atoms with van der Waals surface area (Å²) in [6.45, 7) is 7.00. The van der Waals surface area contributed by atoms with Crippen molar-refractivity contribution in [2.75, 3.05) is 11.9 Å². The highest BCUT2D eigenvalue weighted by Crippen LogP contribution is 2.20. The minimum absolute atomic E-state index is 0.131. The summed E-state index contributed by atoms with van der Waals surface area (Å²) in [4.78, 5) is 14.7. The maximum Gasteiger partial charge on any atom is 0.254 e. The molecule has 0 radical (unpaired) electrons. The van der Waals surface area contributed by atoms with Gasteiger partial charge < -0.3 is 4.90 Å². The zero-order valence-electron chi connectivity index (χ0n) is 11.7. The fourth-order valence-electron chi connectivity index (χ4n) is 2.25. The summed E-state index contributed by atoms with van der Waals surface area (Å²) in [6, 6.07) is 6.18. The number of hydrogen-bond acceptors (Lipinski definition) is 1. The molecule has 1 amide bonds. The Morgan fingerprint density at radius 2 is 1.95 bits per heavy atom. The number of nitrogens with zero attached hydrogens (tertiary/aromatic N) is 1. The highest BCUT2D eigenvalue weighted by molar-refractivity contribution is 9.10. The molecule has 0 aromatic heterocycles. The second-order valence-corrected chi connectivity index (χ2v) is 6.33. The molecule has 1 rings (SSSR count). The van der Waals surface area contributed by atoms with Crippen LogP contribution >= 0.6 is 31.9 Å². The second kappa shape index (κ2) is 8.05. The molecular formula is C15H21Br2NO. The average Bonchev–Trinajstić information content (AvgIpc) is 2.41. The first-order valence-electron chi connectivity index (χ1n) is 6.68. The lowest BCUT2D eigenvalue weighted by molar-refractivity contribution is 0.0682. The Morgan fingerprint density at radius 1 is 1.32 bits per heavy atom. The molecule has 4 heteroatoms. The zero-order valence-corrected chi connectivity index (χ0v) is 14.9. The molecule has 19 heavy (non-hydrogen) atoms. The molecule has 0 bridgehead atoms. The monoisotopic (exact) mass is 389 g/mol. The number of amides is 1. The molecule has 0 N–H and O–H groups in total. The highest BCUT2D eigenvalue weighted by Gasteiger charge is 2.23. The number of aryl methyl sites for hydroxylation is 1. The SMILES string of the molecule is CCC(CC)N(CCBr)C(=O)c1cc(Br)ccc1C. The maximum absolute atomic E-state index is 12.8. The van der Waals surface area contributed by atoms with E-state index in [1.807, 2.05) is 30.0 Å². The quantitative estimate of drug-likeness (QED) is 0.639. The lowest BCUT2D eigenvalue weighted by atomic mass is 10.0. The summed E-state index contributed by atoms with van der Waals surface area (Å²) < 4.78 is 0.949. The Morgan fingerprint density at radius 3 is 2.47 bits per heavy atom. The molecule has 0 fully saturated rings. The molecule has 0 spiro atoms. The first-order valence-corrected chi connectivity index (χ1v) is 8.59. The average molecular weight is 391 g/mol. The van der Waals surface area contributed by atoms with Gasteiger partial charge in [-0.15, -0.1) is 0 Å². The predicted molar refractivity (Wildman–Crippen MR) is 88.1 cm³/mol. The van der Waals surface area contributed by atoms with Crippen molar-refractivity contribution in [3.8, 4) is 0 Å². The molecule has 0 saturated carbocycles. The van der Waals surface area contributed by atoms with Gasteiger partial charge in [-0.3, -0.25) is 4.79 Å². The lowest BCUT2D eigenvalue weighted by Crippen LogP contribution is -2.41. The van der Waals surface area contributed by atoms with Gasteiger partial charge in [0, 0.05) is 28.0 Å². The van der Waals surface area contributed by atoms with E-state index in [1.54, 1.807) is 0 Å². The first kappa shape index (κ1) is 16.7. The molecule has 1 aromatic carbocycles. The Balaban J connectivity index is 3.08. The molecule has 0 atom stereocenters. The van der Waals surface area contributed by atoms with E-state index in [0.29, 0.717) is 6.04 Å². The Labute approximate surface area is 132 Å². The maximum atomic E-state index is 12.8. The van der Waals surface area contributed by atoms with Gasteiger partial charge in [0.1, 0.15) is 0 Å². The van der Waals surface area contributed by atoms with Crippen molar-refractivity contribution in [1.82, 2.24) is 4.90 Å². The van der Waals surface area contributed by atoms with E-state index in [9.17, 15) is 4.79 Å². The largest absolute Gasteiger partial charge is 0.335 e. The van der Waals surface area contributed by atoms with E-state index in [2.05, 4.69) is 45.7 Å². The van der Waals surface area contributed by atoms with Gasteiger partial charge in [-0.2, -0.15) is 0 Å². The van der Waals surface area contributed by atoms with Gasteiger partial charge in [-0.25, -0.2) is 0 Å². The predicted octanol–water partition coefficient (Wildman–Crippen LogP) is 4.78. The highest BCUT2D eigenvalue weighted by atomic mass is 79.9. The normalized spacial score (nSPS) is 10.8. The van der Waals surface area contributed by atoms with Gasteiger partial charge in [-0.05, 0) is 37.5 Å². The van der Waals surface area contributed by atoms with Gasteiger partial charge in [-0.1, -0.05) is 51.8 Å². The van der Waals surface area contributed by atoms with Gasteiger partial charge >= 0.3 is 0 Å². The number of hydrogen-bond donors (Lipinski definition) is 0. The van der Waals surface area contributed by atoms with Gasteiger partial charge in [0.25, 0.3) is 5.91 Å². The van der Waals surface area contributed by atoms with Crippen LogP contribution in [-0.2, 0) is 0 Å². The zero-order chi connectivity index (χ0) is 14.4. The van der Waals surface area contributed by atoms with E-state index in [-0.39, 0.29) is 5.91 Å². The molecule has 0 aliphatic carbocycles. The Kier molecular flexibility index (Phi) is 7.08.